The number of aromatic nitrogens is 1. The van der Waals surface area contributed by atoms with Crippen molar-refractivity contribution in [3.63, 3.8) is 0 Å². The van der Waals surface area contributed by atoms with Crippen molar-refractivity contribution in [2.75, 3.05) is 13.7 Å². The average molecular weight is 405 g/mol. The number of methoxy groups -OCH3 is 1. The molecular formula is C24H23NO5. The van der Waals surface area contributed by atoms with E-state index in [1.54, 1.807) is 18.3 Å². The van der Waals surface area contributed by atoms with Crippen molar-refractivity contribution in [3.8, 4) is 11.5 Å². The average Bonchev–Trinajstić information content (AvgIpc) is 2.80. The van der Waals surface area contributed by atoms with Crippen molar-refractivity contribution < 1.29 is 24.1 Å². The fourth-order valence-electron chi connectivity index (χ4n) is 3.58. The van der Waals surface area contributed by atoms with Crippen LogP contribution in [-0.2, 0) is 17.8 Å². The maximum Gasteiger partial charge on any atom is 0.337 e. The minimum absolute atomic E-state index is 0.142. The Labute approximate surface area is 175 Å². The molecule has 1 N–H and O–H groups in total. The quantitative estimate of drug-likeness (QED) is 0.630. The highest BCUT2D eigenvalue weighted by atomic mass is 16.5. The molecular weight excluding hydrogens is 382 g/mol. The second-order valence-electron chi connectivity index (χ2n) is 7.22. The Morgan fingerprint density at radius 1 is 1.17 bits per heavy atom. The molecule has 0 spiro atoms. The van der Waals surface area contributed by atoms with Crippen LogP contribution >= 0.6 is 0 Å². The molecule has 0 amide bonds. The lowest BCUT2D eigenvalue weighted by Gasteiger charge is -2.30. The molecule has 0 saturated carbocycles. The fraction of sp³-hybridized carbons (Fsp3) is 0.250. The Balaban J connectivity index is 1.47. The van der Waals surface area contributed by atoms with Crippen LogP contribution in [0.1, 0.15) is 33.3 Å². The van der Waals surface area contributed by atoms with Gasteiger partial charge in [0.05, 0.1) is 31.1 Å². The maximum atomic E-state index is 11.8. The van der Waals surface area contributed by atoms with Crippen LogP contribution in [0.3, 0.4) is 0 Å². The lowest BCUT2D eigenvalue weighted by atomic mass is 9.88. The van der Waals surface area contributed by atoms with E-state index in [1.807, 2.05) is 48.5 Å². The van der Waals surface area contributed by atoms with Gasteiger partial charge < -0.3 is 19.3 Å². The first-order valence-corrected chi connectivity index (χ1v) is 9.79. The number of benzene rings is 2. The van der Waals surface area contributed by atoms with Gasteiger partial charge in [-0.25, -0.2) is 4.79 Å². The number of fused-ring (bicyclic) bond motifs is 1. The summed E-state index contributed by atoms with van der Waals surface area (Å²) in [6.07, 6.45) is 1.60. The van der Waals surface area contributed by atoms with Crippen LogP contribution in [0.15, 0.2) is 66.9 Å². The van der Waals surface area contributed by atoms with E-state index in [0.29, 0.717) is 42.3 Å². The number of aliphatic hydroxyl groups is 1. The van der Waals surface area contributed by atoms with Gasteiger partial charge in [-0.3, -0.25) is 4.98 Å². The van der Waals surface area contributed by atoms with Crippen molar-refractivity contribution in [3.05, 3.63) is 89.2 Å². The number of rotatable bonds is 6. The molecule has 1 aromatic heterocycles. The highest BCUT2D eigenvalue weighted by Gasteiger charge is 2.30. The molecule has 2 aromatic carbocycles. The van der Waals surface area contributed by atoms with Crippen LogP contribution in [-0.4, -0.2) is 29.8 Å². The molecule has 2 atom stereocenters. The molecule has 6 nitrogen and oxygen atoms in total. The highest BCUT2D eigenvalue weighted by Crippen LogP contribution is 2.39. The molecule has 3 aromatic rings. The van der Waals surface area contributed by atoms with Crippen LogP contribution in [0.4, 0.5) is 0 Å². The first kappa shape index (κ1) is 19.9. The summed E-state index contributed by atoms with van der Waals surface area (Å²) >= 11 is 0. The summed E-state index contributed by atoms with van der Waals surface area (Å²) in [5.74, 6) is 0.788. The predicted molar refractivity (Wildman–Crippen MR) is 110 cm³/mol. The third-order valence-electron chi connectivity index (χ3n) is 5.16. The molecule has 1 aliphatic rings. The van der Waals surface area contributed by atoms with Gasteiger partial charge in [0, 0.05) is 17.7 Å². The van der Waals surface area contributed by atoms with E-state index in [1.165, 1.54) is 7.11 Å². The number of aliphatic hydroxyl groups excluding tert-OH is 1. The first-order valence-electron chi connectivity index (χ1n) is 9.79. The monoisotopic (exact) mass is 405 g/mol. The standard InChI is InChI=1S/C24H23NO5/c1-28-24(27)17-6-4-5-16(11-17)12-18-14-30-22-9-8-20(13-21(22)23(18)26)29-15-19-7-2-3-10-25-19/h2-11,13,18,23,26H,12,14-15H2,1H3/t18-,23-/m0/s1. The van der Waals surface area contributed by atoms with Gasteiger partial charge in [-0.1, -0.05) is 18.2 Å². The molecule has 2 heterocycles. The zero-order valence-electron chi connectivity index (χ0n) is 16.7. The van der Waals surface area contributed by atoms with Gasteiger partial charge in [-0.05, 0) is 54.4 Å². The molecule has 154 valence electrons. The third-order valence-corrected chi connectivity index (χ3v) is 5.16. The largest absolute Gasteiger partial charge is 0.493 e. The molecule has 0 saturated heterocycles. The Kier molecular flexibility index (Phi) is 5.95. The summed E-state index contributed by atoms with van der Waals surface area (Å²) in [7, 11) is 1.36. The number of carbonyl (C=O) groups is 1. The summed E-state index contributed by atoms with van der Waals surface area (Å²) in [6, 6.07) is 18.4. The minimum Gasteiger partial charge on any atom is -0.493 e. The van der Waals surface area contributed by atoms with Crippen molar-refractivity contribution in [1.82, 2.24) is 4.98 Å². The number of hydrogen-bond acceptors (Lipinski definition) is 6. The summed E-state index contributed by atoms with van der Waals surface area (Å²) in [6.45, 7) is 0.741. The van der Waals surface area contributed by atoms with Gasteiger partial charge in [0.25, 0.3) is 0 Å². The lowest BCUT2D eigenvalue weighted by Crippen LogP contribution is -2.27. The predicted octanol–water partition coefficient (Wildman–Crippen LogP) is 3.73. The Morgan fingerprint density at radius 2 is 2.07 bits per heavy atom. The lowest BCUT2D eigenvalue weighted by molar-refractivity contribution is 0.0504. The van der Waals surface area contributed by atoms with Gasteiger partial charge in [0.15, 0.2) is 0 Å². The van der Waals surface area contributed by atoms with Crippen molar-refractivity contribution in [2.24, 2.45) is 5.92 Å². The molecule has 0 aliphatic carbocycles. The van der Waals surface area contributed by atoms with Crippen LogP contribution in [0, 0.1) is 5.92 Å². The van der Waals surface area contributed by atoms with Gasteiger partial charge in [0.1, 0.15) is 18.1 Å². The number of carbonyl (C=O) groups excluding carboxylic acids is 1. The molecule has 0 unspecified atom stereocenters. The van der Waals surface area contributed by atoms with Crippen molar-refractivity contribution in [1.29, 1.82) is 0 Å². The Morgan fingerprint density at radius 3 is 2.87 bits per heavy atom. The zero-order valence-corrected chi connectivity index (χ0v) is 16.7. The smallest absolute Gasteiger partial charge is 0.337 e. The third kappa shape index (κ3) is 4.44. The van der Waals surface area contributed by atoms with E-state index in [9.17, 15) is 9.90 Å². The van der Waals surface area contributed by atoms with E-state index >= 15 is 0 Å². The molecule has 30 heavy (non-hydrogen) atoms. The van der Waals surface area contributed by atoms with Gasteiger partial charge in [0.2, 0.25) is 0 Å². The SMILES string of the molecule is COC(=O)c1cccc(C[C@H]2COc3ccc(OCc4ccccn4)cc3[C@H]2O)c1. The van der Waals surface area contributed by atoms with Crippen LogP contribution in [0.5, 0.6) is 11.5 Å². The molecule has 0 radical (unpaired) electrons. The van der Waals surface area contributed by atoms with Crippen LogP contribution in [0.25, 0.3) is 0 Å². The van der Waals surface area contributed by atoms with Gasteiger partial charge >= 0.3 is 5.97 Å². The van der Waals surface area contributed by atoms with Gasteiger partial charge in [-0.2, -0.15) is 0 Å². The Hall–Kier alpha value is -3.38. The number of esters is 1. The number of pyridine rings is 1. The van der Waals surface area contributed by atoms with Crippen molar-refractivity contribution >= 4 is 5.97 Å². The van der Waals surface area contributed by atoms with E-state index in [-0.39, 0.29) is 11.9 Å². The molecule has 0 bridgehead atoms. The van der Waals surface area contributed by atoms with Crippen LogP contribution in [0.2, 0.25) is 0 Å². The van der Waals surface area contributed by atoms with E-state index in [4.69, 9.17) is 14.2 Å². The summed E-state index contributed by atoms with van der Waals surface area (Å²) in [4.78, 5) is 16.0. The molecule has 6 heteroatoms. The zero-order chi connectivity index (χ0) is 20.9. The molecule has 1 aliphatic heterocycles. The normalized spacial score (nSPS) is 17.5. The summed E-state index contributed by atoms with van der Waals surface area (Å²) < 4.78 is 16.5. The van der Waals surface area contributed by atoms with Crippen LogP contribution < -0.4 is 9.47 Å². The van der Waals surface area contributed by atoms with E-state index in [0.717, 1.165) is 11.3 Å². The summed E-state index contributed by atoms with van der Waals surface area (Å²) in [5, 5.41) is 11.0. The van der Waals surface area contributed by atoms with Crippen molar-refractivity contribution in [2.45, 2.75) is 19.1 Å². The molecule has 4 rings (SSSR count). The number of hydrogen-bond donors (Lipinski definition) is 1. The molecule has 0 fully saturated rings. The minimum atomic E-state index is -0.700. The highest BCUT2D eigenvalue weighted by molar-refractivity contribution is 5.89. The maximum absolute atomic E-state index is 11.8. The van der Waals surface area contributed by atoms with E-state index in [2.05, 4.69) is 4.98 Å². The second kappa shape index (κ2) is 8.97. The number of ether oxygens (including phenoxy) is 3. The fourth-order valence-corrected chi connectivity index (χ4v) is 3.58. The summed E-state index contributed by atoms with van der Waals surface area (Å²) in [5.41, 5.74) is 2.97. The number of nitrogens with zero attached hydrogens (tertiary/aromatic N) is 1. The Bertz CT molecular complexity index is 1020. The topological polar surface area (TPSA) is 77.9 Å². The first-order chi connectivity index (χ1) is 14.6. The van der Waals surface area contributed by atoms with Gasteiger partial charge in [-0.15, -0.1) is 0 Å². The van der Waals surface area contributed by atoms with E-state index < -0.39 is 6.10 Å². The second-order valence-corrected chi connectivity index (χ2v) is 7.22.